The van der Waals surface area contributed by atoms with Gasteiger partial charge in [-0.1, -0.05) is 22.6 Å². The molecule has 1 fully saturated rings. The summed E-state index contributed by atoms with van der Waals surface area (Å²) in [4.78, 5) is 2.55. The fourth-order valence-corrected chi connectivity index (χ4v) is 1.89. The molecule has 72 valence electrons. The van der Waals surface area contributed by atoms with Crippen LogP contribution in [0, 0.1) is 0 Å². The van der Waals surface area contributed by atoms with E-state index in [9.17, 15) is 0 Å². The van der Waals surface area contributed by atoms with E-state index < -0.39 is 0 Å². The first-order valence-electron chi connectivity index (χ1n) is 4.72. The van der Waals surface area contributed by atoms with Crippen molar-refractivity contribution in [1.82, 2.24) is 4.90 Å². The summed E-state index contributed by atoms with van der Waals surface area (Å²) in [5, 5.41) is 0. The van der Waals surface area contributed by atoms with E-state index in [0.29, 0.717) is 6.04 Å². The van der Waals surface area contributed by atoms with Crippen LogP contribution in [0.3, 0.4) is 0 Å². The molecule has 1 unspecified atom stereocenters. The van der Waals surface area contributed by atoms with Gasteiger partial charge in [0.25, 0.3) is 0 Å². The SMILES string of the molecule is CC1COCCCN1CCCI. The quantitative estimate of drug-likeness (QED) is 0.579. The van der Waals surface area contributed by atoms with Crippen molar-refractivity contribution in [2.45, 2.75) is 25.8 Å². The van der Waals surface area contributed by atoms with Gasteiger partial charge in [0.1, 0.15) is 0 Å². The second-order valence-corrected chi connectivity index (χ2v) is 4.43. The minimum atomic E-state index is 0.621. The van der Waals surface area contributed by atoms with E-state index in [-0.39, 0.29) is 0 Å². The van der Waals surface area contributed by atoms with Gasteiger partial charge in [-0.05, 0) is 26.3 Å². The molecule has 0 bridgehead atoms. The van der Waals surface area contributed by atoms with Crippen LogP contribution in [0.4, 0.5) is 0 Å². The molecular weight excluding hydrogens is 265 g/mol. The van der Waals surface area contributed by atoms with Gasteiger partial charge >= 0.3 is 0 Å². The van der Waals surface area contributed by atoms with Gasteiger partial charge in [-0.15, -0.1) is 0 Å². The highest BCUT2D eigenvalue weighted by atomic mass is 127. The van der Waals surface area contributed by atoms with Crippen molar-refractivity contribution in [3.63, 3.8) is 0 Å². The van der Waals surface area contributed by atoms with Gasteiger partial charge in [0.2, 0.25) is 0 Å². The van der Waals surface area contributed by atoms with Crippen molar-refractivity contribution >= 4 is 22.6 Å². The van der Waals surface area contributed by atoms with Crippen molar-refractivity contribution in [3.8, 4) is 0 Å². The third-order valence-electron chi connectivity index (χ3n) is 2.30. The highest BCUT2D eigenvalue weighted by molar-refractivity contribution is 14.1. The summed E-state index contributed by atoms with van der Waals surface area (Å²) >= 11 is 2.44. The highest BCUT2D eigenvalue weighted by Gasteiger charge is 2.15. The monoisotopic (exact) mass is 283 g/mol. The van der Waals surface area contributed by atoms with Crippen molar-refractivity contribution in [2.75, 3.05) is 30.7 Å². The fourth-order valence-electron chi connectivity index (χ4n) is 1.54. The van der Waals surface area contributed by atoms with Crippen molar-refractivity contribution in [1.29, 1.82) is 0 Å². The number of hydrogen-bond donors (Lipinski definition) is 0. The largest absolute Gasteiger partial charge is 0.380 e. The highest BCUT2D eigenvalue weighted by Crippen LogP contribution is 2.07. The van der Waals surface area contributed by atoms with Crippen molar-refractivity contribution < 1.29 is 4.74 Å². The molecule has 0 aliphatic carbocycles. The molecule has 12 heavy (non-hydrogen) atoms. The molecule has 0 saturated carbocycles. The number of ether oxygens (including phenoxy) is 1. The number of hydrogen-bond acceptors (Lipinski definition) is 2. The van der Waals surface area contributed by atoms with E-state index in [2.05, 4.69) is 34.4 Å². The summed E-state index contributed by atoms with van der Waals surface area (Å²) in [5.41, 5.74) is 0. The molecule has 1 saturated heterocycles. The molecule has 0 aromatic carbocycles. The van der Waals surface area contributed by atoms with E-state index in [1.54, 1.807) is 0 Å². The number of alkyl halides is 1. The predicted octanol–water partition coefficient (Wildman–Crippen LogP) is 1.92. The molecule has 0 radical (unpaired) electrons. The second-order valence-electron chi connectivity index (χ2n) is 3.36. The summed E-state index contributed by atoms with van der Waals surface area (Å²) in [6, 6.07) is 0.621. The van der Waals surface area contributed by atoms with E-state index in [0.717, 1.165) is 13.2 Å². The Bertz CT molecular complexity index is 121. The summed E-state index contributed by atoms with van der Waals surface area (Å²) in [6.45, 7) is 6.59. The predicted molar refractivity (Wildman–Crippen MR) is 60.0 cm³/mol. The Morgan fingerprint density at radius 2 is 2.42 bits per heavy atom. The Labute approximate surface area is 88.8 Å². The number of rotatable bonds is 3. The normalized spacial score (nSPS) is 27.0. The molecule has 0 amide bonds. The molecule has 0 spiro atoms. The molecular formula is C9H18INO. The van der Waals surface area contributed by atoms with Crippen LogP contribution in [0.2, 0.25) is 0 Å². The second kappa shape index (κ2) is 6.16. The van der Waals surface area contributed by atoms with Gasteiger partial charge in [0.05, 0.1) is 6.61 Å². The molecule has 1 aliphatic heterocycles. The zero-order chi connectivity index (χ0) is 8.81. The molecule has 1 aliphatic rings. The Kier molecular flexibility index (Phi) is 5.50. The van der Waals surface area contributed by atoms with E-state index >= 15 is 0 Å². The maximum Gasteiger partial charge on any atom is 0.0619 e. The first-order chi connectivity index (χ1) is 5.84. The number of halogens is 1. The maximum absolute atomic E-state index is 5.47. The van der Waals surface area contributed by atoms with Crippen LogP contribution in [0.25, 0.3) is 0 Å². The van der Waals surface area contributed by atoms with Gasteiger partial charge in [-0.2, -0.15) is 0 Å². The zero-order valence-corrected chi connectivity index (χ0v) is 9.92. The fraction of sp³-hybridized carbons (Fsp3) is 1.00. The average Bonchev–Trinajstić information content (AvgIpc) is 2.27. The van der Waals surface area contributed by atoms with Crippen LogP contribution in [0.15, 0.2) is 0 Å². The van der Waals surface area contributed by atoms with Crippen LogP contribution >= 0.6 is 22.6 Å². The molecule has 3 heteroatoms. The Morgan fingerprint density at radius 1 is 1.58 bits per heavy atom. The van der Waals surface area contributed by atoms with E-state index in [1.807, 2.05) is 0 Å². The van der Waals surface area contributed by atoms with Crippen molar-refractivity contribution in [3.05, 3.63) is 0 Å². The van der Waals surface area contributed by atoms with Gasteiger partial charge in [-0.3, -0.25) is 4.90 Å². The van der Waals surface area contributed by atoms with Crippen LogP contribution in [0.5, 0.6) is 0 Å². The lowest BCUT2D eigenvalue weighted by Gasteiger charge is -2.25. The average molecular weight is 283 g/mol. The summed E-state index contributed by atoms with van der Waals surface area (Å²) in [7, 11) is 0. The smallest absolute Gasteiger partial charge is 0.0619 e. The maximum atomic E-state index is 5.47. The van der Waals surface area contributed by atoms with Gasteiger partial charge in [0.15, 0.2) is 0 Å². The van der Waals surface area contributed by atoms with Crippen LogP contribution in [-0.4, -0.2) is 41.7 Å². The van der Waals surface area contributed by atoms with Crippen LogP contribution in [-0.2, 0) is 4.74 Å². The van der Waals surface area contributed by atoms with Gasteiger partial charge in [0, 0.05) is 23.6 Å². The molecule has 1 atom stereocenters. The van der Waals surface area contributed by atoms with Crippen LogP contribution in [0.1, 0.15) is 19.8 Å². The summed E-state index contributed by atoms with van der Waals surface area (Å²) < 4.78 is 6.74. The first-order valence-corrected chi connectivity index (χ1v) is 6.25. The molecule has 0 aromatic rings. The third kappa shape index (κ3) is 3.58. The summed E-state index contributed by atoms with van der Waals surface area (Å²) in [6.07, 6.45) is 2.51. The standard InChI is InChI=1S/C9H18INO/c1-9-8-12-7-3-6-11(9)5-2-4-10/h9H,2-8H2,1H3. The Balaban J connectivity index is 2.26. The van der Waals surface area contributed by atoms with Gasteiger partial charge < -0.3 is 4.74 Å². The molecule has 1 rings (SSSR count). The van der Waals surface area contributed by atoms with Crippen LogP contribution < -0.4 is 0 Å². The number of nitrogens with zero attached hydrogens (tertiary/aromatic N) is 1. The lowest BCUT2D eigenvalue weighted by molar-refractivity contribution is 0.108. The molecule has 2 nitrogen and oxygen atoms in total. The third-order valence-corrected chi connectivity index (χ3v) is 3.06. The minimum absolute atomic E-state index is 0.621. The lowest BCUT2D eigenvalue weighted by atomic mass is 10.2. The first kappa shape index (κ1) is 10.7. The Hall–Kier alpha value is 0.650. The molecule has 0 aromatic heterocycles. The molecule has 0 N–H and O–H groups in total. The molecule has 1 heterocycles. The summed E-state index contributed by atoms with van der Waals surface area (Å²) in [5.74, 6) is 0. The Morgan fingerprint density at radius 3 is 3.17 bits per heavy atom. The lowest BCUT2D eigenvalue weighted by Crippen LogP contribution is -2.35. The minimum Gasteiger partial charge on any atom is -0.380 e. The van der Waals surface area contributed by atoms with Gasteiger partial charge in [-0.25, -0.2) is 0 Å². The van der Waals surface area contributed by atoms with E-state index in [1.165, 1.54) is 30.4 Å². The van der Waals surface area contributed by atoms with Crippen molar-refractivity contribution in [2.24, 2.45) is 0 Å². The van der Waals surface area contributed by atoms with E-state index in [4.69, 9.17) is 4.74 Å². The topological polar surface area (TPSA) is 12.5 Å². The zero-order valence-electron chi connectivity index (χ0n) is 7.76.